The monoisotopic (exact) mass is 446 g/mol. The predicted molar refractivity (Wildman–Crippen MR) is 119 cm³/mol. The van der Waals surface area contributed by atoms with Gasteiger partial charge in [-0.2, -0.15) is 13.2 Å². The van der Waals surface area contributed by atoms with Crippen LogP contribution in [0, 0.1) is 5.41 Å². The predicted octanol–water partition coefficient (Wildman–Crippen LogP) is 6.94. The average molecular weight is 447 g/mol. The van der Waals surface area contributed by atoms with Crippen LogP contribution in [0.2, 0.25) is 0 Å². The second-order valence-corrected chi connectivity index (χ2v) is 9.00. The summed E-state index contributed by atoms with van der Waals surface area (Å²) in [7, 11) is 1.30. The van der Waals surface area contributed by atoms with Crippen LogP contribution in [0.1, 0.15) is 73.3 Å². The molecule has 1 aliphatic carbocycles. The molecule has 1 saturated carbocycles. The molecule has 4 nitrogen and oxygen atoms in total. The van der Waals surface area contributed by atoms with Gasteiger partial charge in [-0.25, -0.2) is 9.78 Å². The van der Waals surface area contributed by atoms with Crippen molar-refractivity contribution in [1.82, 2.24) is 9.97 Å². The number of rotatable bonds is 3. The van der Waals surface area contributed by atoms with E-state index in [1.807, 2.05) is 0 Å². The maximum Gasteiger partial charge on any atom is 0.416 e. The molecular formula is C25H29F3N2O2. The number of carbonyl (C=O) groups excluding carboxylic acids is 1. The van der Waals surface area contributed by atoms with Crippen molar-refractivity contribution in [3.8, 4) is 0 Å². The first-order valence-electron chi connectivity index (χ1n) is 10.8. The number of hydrogen-bond donors (Lipinski definition) is 1. The van der Waals surface area contributed by atoms with E-state index >= 15 is 0 Å². The maximum atomic E-state index is 12.6. The molecule has 172 valence electrons. The number of nitrogens with one attached hydrogen (secondary N) is 1. The zero-order valence-corrected chi connectivity index (χ0v) is 18.7. The first kappa shape index (κ1) is 23.8. The molecule has 7 heteroatoms. The highest BCUT2D eigenvalue weighted by molar-refractivity contribution is 5.93. The third-order valence-corrected chi connectivity index (χ3v) is 5.81. The van der Waals surface area contributed by atoms with Crippen LogP contribution in [0.5, 0.6) is 0 Å². The van der Waals surface area contributed by atoms with Crippen molar-refractivity contribution in [2.45, 2.75) is 58.5 Å². The Morgan fingerprint density at radius 3 is 2.25 bits per heavy atom. The third-order valence-electron chi connectivity index (χ3n) is 5.81. The van der Waals surface area contributed by atoms with Crippen LogP contribution in [0.15, 0.2) is 42.5 Å². The van der Waals surface area contributed by atoms with Crippen LogP contribution < -0.4 is 0 Å². The lowest BCUT2D eigenvalue weighted by Crippen LogP contribution is -2.14. The van der Waals surface area contributed by atoms with E-state index in [0.717, 1.165) is 12.1 Å². The number of alkyl halides is 3. The molecule has 1 aromatic heterocycles. The van der Waals surface area contributed by atoms with E-state index in [4.69, 9.17) is 0 Å². The first-order valence-corrected chi connectivity index (χ1v) is 10.8. The number of carbonyl (C=O) groups is 1. The number of fused-ring (bicyclic) bond motifs is 1. The summed E-state index contributed by atoms with van der Waals surface area (Å²) in [6.45, 7) is 4.76. The van der Waals surface area contributed by atoms with E-state index in [0.29, 0.717) is 39.8 Å². The maximum absolute atomic E-state index is 12.6. The van der Waals surface area contributed by atoms with Gasteiger partial charge in [0.15, 0.2) is 0 Å². The zero-order valence-electron chi connectivity index (χ0n) is 18.7. The van der Waals surface area contributed by atoms with Gasteiger partial charge < -0.3 is 9.72 Å². The second kappa shape index (κ2) is 9.76. The number of halogens is 3. The Morgan fingerprint density at radius 1 is 1.06 bits per heavy atom. The first-order chi connectivity index (χ1) is 15.1. The Balaban J connectivity index is 0.000000305. The summed E-state index contributed by atoms with van der Waals surface area (Å²) in [5.74, 6) is 0.155. The second-order valence-electron chi connectivity index (χ2n) is 9.00. The standard InChI is InChI=1S/C17H13F3N2O2.C8H16/c1-24-16(23)11-4-7-13-14(9-11)22-15(21-13)8-10-2-5-12(6-3-10)17(18,19)20;1-8(2)6-4-3-5-7-8/h2-7,9H,8H2,1H3,(H,21,22);3-7H2,1-2H3. The van der Waals surface area contributed by atoms with Gasteiger partial charge in [-0.3, -0.25) is 0 Å². The quantitative estimate of drug-likeness (QED) is 0.444. The molecule has 1 aliphatic rings. The molecule has 1 N–H and O–H groups in total. The molecule has 2 aromatic carbocycles. The Kier molecular flexibility index (Phi) is 7.26. The number of aromatic amines is 1. The highest BCUT2D eigenvalue weighted by atomic mass is 19.4. The fourth-order valence-corrected chi connectivity index (χ4v) is 3.90. The smallest absolute Gasteiger partial charge is 0.416 e. The molecule has 0 bridgehead atoms. The minimum Gasteiger partial charge on any atom is -0.465 e. The lowest BCUT2D eigenvalue weighted by Gasteiger charge is -2.28. The zero-order chi connectivity index (χ0) is 23.4. The molecule has 32 heavy (non-hydrogen) atoms. The van der Waals surface area contributed by atoms with Crippen molar-refractivity contribution in [3.63, 3.8) is 0 Å². The number of aromatic nitrogens is 2. The van der Waals surface area contributed by atoms with Crippen molar-refractivity contribution >= 4 is 17.0 Å². The molecule has 0 aliphatic heterocycles. The SMILES string of the molecule is CC1(C)CCCCC1.COC(=O)c1ccc2nc(Cc3ccc(C(F)(F)F)cc3)[nH]c2c1. The number of nitrogens with zero attached hydrogens (tertiary/aromatic N) is 1. The molecular weight excluding hydrogens is 417 g/mol. The summed E-state index contributed by atoms with van der Waals surface area (Å²) in [4.78, 5) is 19.0. The summed E-state index contributed by atoms with van der Waals surface area (Å²) in [5, 5.41) is 0. The normalized spacial score (nSPS) is 15.7. The van der Waals surface area contributed by atoms with Gasteiger partial charge in [-0.1, -0.05) is 45.2 Å². The van der Waals surface area contributed by atoms with Gasteiger partial charge in [0.1, 0.15) is 5.82 Å². The number of esters is 1. The largest absolute Gasteiger partial charge is 0.465 e. The number of H-pyrrole nitrogens is 1. The number of methoxy groups -OCH3 is 1. The molecule has 4 rings (SSSR count). The molecule has 0 unspecified atom stereocenters. The lowest BCUT2D eigenvalue weighted by atomic mass is 9.78. The Bertz CT molecular complexity index is 1050. The van der Waals surface area contributed by atoms with E-state index in [2.05, 4.69) is 28.6 Å². The van der Waals surface area contributed by atoms with Gasteiger partial charge in [0.05, 0.1) is 29.3 Å². The average Bonchev–Trinajstić information content (AvgIpc) is 3.14. The molecule has 1 heterocycles. The minimum absolute atomic E-state index is 0.361. The molecule has 0 atom stereocenters. The van der Waals surface area contributed by atoms with Gasteiger partial charge in [0.2, 0.25) is 0 Å². The van der Waals surface area contributed by atoms with Gasteiger partial charge >= 0.3 is 12.1 Å². The van der Waals surface area contributed by atoms with Gasteiger partial charge in [-0.05, 0) is 54.2 Å². The Hall–Kier alpha value is -2.83. The summed E-state index contributed by atoms with van der Waals surface area (Å²) >= 11 is 0. The highest BCUT2D eigenvalue weighted by Crippen LogP contribution is 2.34. The highest BCUT2D eigenvalue weighted by Gasteiger charge is 2.29. The van der Waals surface area contributed by atoms with Gasteiger partial charge in [0, 0.05) is 6.42 Å². The van der Waals surface area contributed by atoms with E-state index in [9.17, 15) is 18.0 Å². The van der Waals surface area contributed by atoms with Crippen molar-refractivity contribution < 1.29 is 22.7 Å². The fraction of sp³-hybridized carbons (Fsp3) is 0.440. The van der Waals surface area contributed by atoms with Crippen LogP contribution in [-0.4, -0.2) is 23.0 Å². The van der Waals surface area contributed by atoms with E-state index < -0.39 is 17.7 Å². The van der Waals surface area contributed by atoms with Gasteiger partial charge in [-0.15, -0.1) is 0 Å². The Labute approximate surface area is 186 Å². The molecule has 0 spiro atoms. The van der Waals surface area contributed by atoms with E-state index in [-0.39, 0.29) is 0 Å². The number of ether oxygens (including phenoxy) is 1. The van der Waals surface area contributed by atoms with Crippen LogP contribution in [0.4, 0.5) is 13.2 Å². The molecule has 0 radical (unpaired) electrons. The number of hydrogen-bond acceptors (Lipinski definition) is 3. The van der Waals surface area contributed by atoms with Crippen LogP contribution in [0.3, 0.4) is 0 Å². The van der Waals surface area contributed by atoms with Crippen molar-refractivity contribution in [1.29, 1.82) is 0 Å². The lowest BCUT2D eigenvalue weighted by molar-refractivity contribution is -0.137. The topological polar surface area (TPSA) is 55.0 Å². The van der Waals surface area contributed by atoms with E-state index in [1.54, 1.807) is 18.2 Å². The van der Waals surface area contributed by atoms with Crippen LogP contribution in [0.25, 0.3) is 11.0 Å². The summed E-state index contributed by atoms with van der Waals surface area (Å²) in [5.41, 5.74) is 2.44. The van der Waals surface area contributed by atoms with Crippen molar-refractivity contribution in [2.24, 2.45) is 5.41 Å². The summed E-state index contributed by atoms with van der Waals surface area (Å²) in [6.07, 6.45) is 3.33. The fourth-order valence-electron chi connectivity index (χ4n) is 3.90. The van der Waals surface area contributed by atoms with Crippen molar-refractivity contribution in [2.75, 3.05) is 7.11 Å². The van der Waals surface area contributed by atoms with Gasteiger partial charge in [0.25, 0.3) is 0 Å². The van der Waals surface area contributed by atoms with E-state index in [1.165, 1.54) is 51.3 Å². The number of benzene rings is 2. The Morgan fingerprint density at radius 2 is 1.72 bits per heavy atom. The number of imidazole rings is 1. The third kappa shape index (κ3) is 6.34. The molecule has 1 fully saturated rings. The minimum atomic E-state index is -4.35. The molecule has 0 saturated heterocycles. The van der Waals surface area contributed by atoms with Crippen LogP contribution in [-0.2, 0) is 17.3 Å². The van der Waals surface area contributed by atoms with Crippen LogP contribution >= 0.6 is 0 Å². The summed E-state index contributed by atoms with van der Waals surface area (Å²) in [6, 6.07) is 9.88. The molecule has 3 aromatic rings. The molecule has 0 amide bonds. The van der Waals surface area contributed by atoms with Crippen molar-refractivity contribution in [3.05, 3.63) is 65.0 Å². The summed E-state index contributed by atoms with van der Waals surface area (Å²) < 4.78 is 42.3.